The largest absolute Gasteiger partial charge is 0.397 e. The number of nitrogens with two attached hydrogens (primary N) is 1. The van der Waals surface area contributed by atoms with Gasteiger partial charge in [0, 0.05) is 5.39 Å². The number of benzene rings is 1. The van der Waals surface area contributed by atoms with Gasteiger partial charge in [0.25, 0.3) is 0 Å². The van der Waals surface area contributed by atoms with E-state index in [4.69, 9.17) is 5.73 Å². The van der Waals surface area contributed by atoms with Gasteiger partial charge >= 0.3 is 0 Å². The van der Waals surface area contributed by atoms with E-state index in [0.717, 1.165) is 5.56 Å². The van der Waals surface area contributed by atoms with Crippen LogP contribution in [0.15, 0.2) is 40.9 Å². The van der Waals surface area contributed by atoms with Crippen LogP contribution >= 0.6 is 0 Å². The topological polar surface area (TPSA) is 67.1 Å². The number of hydrogen-bond donors (Lipinski definition) is 2. The van der Waals surface area contributed by atoms with Crippen LogP contribution in [0, 0.1) is 12.7 Å². The van der Waals surface area contributed by atoms with Crippen LogP contribution in [0.25, 0.3) is 10.9 Å². The van der Waals surface area contributed by atoms with Crippen LogP contribution in [-0.2, 0) is 0 Å². The van der Waals surface area contributed by atoms with Gasteiger partial charge in [0.05, 0.1) is 28.3 Å². The van der Waals surface area contributed by atoms with Gasteiger partial charge in [0.1, 0.15) is 5.82 Å². The summed E-state index contributed by atoms with van der Waals surface area (Å²) in [6.07, 6.45) is 1.14. The first-order valence-corrected chi connectivity index (χ1v) is 7.38. The Morgan fingerprint density at radius 2 is 2.13 bits per heavy atom. The number of H-pyrrole nitrogens is 1. The van der Waals surface area contributed by atoms with Crippen molar-refractivity contribution < 1.29 is 8.78 Å². The summed E-state index contributed by atoms with van der Waals surface area (Å²) in [5.41, 5.74) is 7.97. The molecule has 0 fully saturated rings. The molecule has 2 rings (SSSR count). The first-order valence-electron chi connectivity index (χ1n) is 7.38. The third-order valence-electron chi connectivity index (χ3n) is 3.50. The number of halogens is 2. The molecule has 0 radical (unpaired) electrons. The molecular formula is C17H20F2N4. The number of nitrogens with zero attached hydrogens (tertiary/aromatic N) is 2. The van der Waals surface area contributed by atoms with Gasteiger partial charge in [-0.05, 0) is 38.0 Å². The minimum atomic E-state index is -0.614. The van der Waals surface area contributed by atoms with E-state index in [0.29, 0.717) is 35.2 Å². The molecule has 0 bridgehead atoms. The number of rotatable bonds is 5. The van der Waals surface area contributed by atoms with Gasteiger partial charge in [-0.2, -0.15) is 5.10 Å². The fourth-order valence-electron chi connectivity index (χ4n) is 2.42. The van der Waals surface area contributed by atoms with Crippen molar-refractivity contribution in [2.75, 3.05) is 0 Å². The normalized spacial score (nSPS) is 13.3. The Labute approximate surface area is 133 Å². The van der Waals surface area contributed by atoms with Crippen molar-refractivity contribution in [2.45, 2.75) is 33.6 Å². The molecular weight excluding hydrogens is 298 g/mol. The van der Waals surface area contributed by atoms with Crippen LogP contribution in [0.2, 0.25) is 0 Å². The van der Waals surface area contributed by atoms with Crippen LogP contribution in [0.5, 0.6) is 0 Å². The maximum atomic E-state index is 14.1. The molecule has 0 amide bonds. The molecule has 6 heteroatoms. The first-order chi connectivity index (χ1) is 10.8. The lowest BCUT2D eigenvalue weighted by Crippen LogP contribution is -2.02. The smallest absolute Gasteiger partial charge is 0.166 e. The molecule has 0 saturated heterocycles. The van der Waals surface area contributed by atoms with Crippen molar-refractivity contribution in [2.24, 2.45) is 10.7 Å². The van der Waals surface area contributed by atoms with Gasteiger partial charge in [-0.1, -0.05) is 19.9 Å². The molecule has 0 aliphatic rings. The number of aromatic amines is 1. The zero-order valence-electron chi connectivity index (χ0n) is 13.5. The Morgan fingerprint density at radius 3 is 2.74 bits per heavy atom. The second-order valence-electron chi connectivity index (χ2n) is 5.45. The predicted molar refractivity (Wildman–Crippen MR) is 89.4 cm³/mol. The summed E-state index contributed by atoms with van der Waals surface area (Å²) < 4.78 is 27.7. The van der Waals surface area contributed by atoms with Gasteiger partial charge in [0.15, 0.2) is 5.83 Å². The number of nitrogens with one attached hydrogen (secondary N) is 1. The zero-order valence-corrected chi connectivity index (χ0v) is 13.5. The number of fused-ring (bicyclic) bond motifs is 1. The summed E-state index contributed by atoms with van der Waals surface area (Å²) in [6, 6.07) is 2.81. The minimum absolute atomic E-state index is 0.152. The molecule has 23 heavy (non-hydrogen) atoms. The fourth-order valence-corrected chi connectivity index (χ4v) is 2.42. The van der Waals surface area contributed by atoms with E-state index in [1.165, 1.54) is 12.1 Å². The number of hydrogen-bond acceptors (Lipinski definition) is 3. The lowest BCUT2D eigenvalue weighted by molar-refractivity contribution is 0.623. The van der Waals surface area contributed by atoms with Crippen molar-refractivity contribution in [3.8, 4) is 0 Å². The summed E-state index contributed by atoms with van der Waals surface area (Å²) in [7, 11) is 0. The van der Waals surface area contributed by atoms with Crippen LogP contribution in [0.1, 0.15) is 37.9 Å². The van der Waals surface area contributed by atoms with E-state index < -0.39 is 5.83 Å². The SMILES string of the molecule is C=C(N)/C(F)=C(/CCC)N=C(C)c1[nH]nc2c(C)cc(F)cc12. The molecule has 0 atom stereocenters. The standard InChI is InChI=1S/C17H20F2N4/c1-5-6-14(15(19)10(3)20)21-11(4)17-13-8-12(18)7-9(2)16(13)22-23-17/h7-8H,3,5-6,20H2,1-2,4H3,(H,22,23)/b15-14+,21-11?. The predicted octanol–water partition coefficient (Wildman–Crippen LogP) is 4.27. The number of aliphatic imine (C=N–C) groups is 1. The fraction of sp³-hybridized carbons (Fsp3) is 0.294. The lowest BCUT2D eigenvalue weighted by Gasteiger charge is -2.06. The third kappa shape index (κ3) is 3.47. The third-order valence-corrected chi connectivity index (χ3v) is 3.50. The maximum Gasteiger partial charge on any atom is 0.166 e. The van der Waals surface area contributed by atoms with Crippen molar-refractivity contribution in [3.63, 3.8) is 0 Å². The van der Waals surface area contributed by atoms with Gasteiger partial charge in [-0.3, -0.25) is 10.1 Å². The Hall–Kier alpha value is -2.50. The molecule has 1 heterocycles. The van der Waals surface area contributed by atoms with Crippen LogP contribution in [-0.4, -0.2) is 15.9 Å². The summed E-state index contributed by atoms with van der Waals surface area (Å²) in [6.45, 7) is 8.82. The van der Waals surface area contributed by atoms with Crippen LogP contribution in [0.3, 0.4) is 0 Å². The molecule has 122 valence electrons. The van der Waals surface area contributed by atoms with Gasteiger partial charge in [-0.15, -0.1) is 0 Å². The van der Waals surface area contributed by atoms with Crippen molar-refractivity contribution >= 4 is 16.6 Å². The van der Waals surface area contributed by atoms with Gasteiger partial charge in [-0.25, -0.2) is 8.78 Å². The molecule has 1 aromatic carbocycles. The highest BCUT2D eigenvalue weighted by molar-refractivity contribution is 6.08. The van der Waals surface area contributed by atoms with E-state index in [2.05, 4.69) is 21.8 Å². The summed E-state index contributed by atoms with van der Waals surface area (Å²) in [4.78, 5) is 4.33. The highest BCUT2D eigenvalue weighted by Crippen LogP contribution is 2.24. The quantitative estimate of drug-likeness (QED) is 0.638. The average Bonchev–Trinajstić information content (AvgIpc) is 2.89. The molecule has 3 N–H and O–H groups in total. The number of aryl methyl sites for hydroxylation is 1. The molecule has 0 spiro atoms. The van der Waals surface area contributed by atoms with E-state index >= 15 is 0 Å². The molecule has 0 aliphatic heterocycles. The first kappa shape index (κ1) is 16.9. The van der Waals surface area contributed by atoms with E-state index in [-0.39, 0.29) is 17.2 Å². The molecule has 4 nitrogen and oxygen atoms in total. The Balaban J connectivity index is 2.57. The number of allylic oxidation sites excluding steroid dienone is 2. The van der Waals surface area contributed by atoms with Gasteiger partial charge in [0.2, 0.25) is 0 Å². The van der Waals surface area contributed by atoms with Crippen LogP contribution in [0.4, 0.5) is 8.78 Å². The van der Waals surface area contributed by atoms with Crippen molar-refractivity contribution in [1.82, 2.24) is 10.2 Å². The molecule has 0 saturated carbocycles. The molecule has 0 aliphatic carbocycles. The van der Waals surface area contributed by atoms with Crippen molar-refractivity contribution in [1.29, 1.82) is 0 Å². The average molecular weight is 318 g/mol. The van der Waals surface area contributed by atoms with E-state index in [9.17, 15) is 8.78 Å². The maximum absolute atomic E-state index is 14.1. The Kier molecular flexibility index (Phi) is 4.93. The lowest BCUT2D eigenvalue weighted by atomic mass is 10.1. The number of aromatic nitrogens is 2. The molecule has 2 aromatic rings. The van der Waals surface area contributed by atoms with E-state index in [1.54, 1.807) is 13.8 Å². The summed E-state index contributed by atoms with van der Waals surface area (Å²) in [5.74, 6) is -0.964. The van der Waals surface area contributed by atoms with Crippen molar-refractivity contribution in [3.05, 3.63) is 53.0 Å². The Morgan fingerprint density at radius 1 is 1.43 bits per heavy atom. The second kappa shape index (κ2) is 6.73. The summed E-state index contributed by atoms with van der Waals surface area (Å²) in [5, 5.41) is 7.66. The second-order valence-corrected chi connectivity index (χ2v) is 5.45. The van der Waals surface area contributed by atoms with E-state index in [1.807, 2.05) is 6.92 Å². The zero-order chi connectivity index (χ0) is 17.1. The van der Waals surface area contributed by atoms with Crippen LogP contribution < -0.4 is 5.73 Å². The minimum Gasteiger partial charge on any atom is -0.397 e. The highest BCUT2D eigenvalue weighted by atomic mass is 19.1. The Bertz CT molecular complexity index is 815. The monoisotopic (exact) mass is 318 g/mol. The molecule has 0 unspecified atom stereocenters. The molecule has 1 aromatic heterocycles. The van der Waals surface area contributed by atoms with Gasteiger partial charge < -0.3 is 5.73 Å². The summed E-state index contributed by atoms with van der Waals surface area (Å²) >= 11 is 0. The highest BCUT2D eigenvalue weighted by Gasteiger charge is 2.13.